The fourth-order valence-corrected chi connectivity index (χ4v) is 2.81. The monoisotopic (exact) mass is 359 g/mol. The smallest absolute Gasteiger partial charge is 0.234 e. The van der Waals surface area contributed by atoms with Gasteiger partial charge in [-0.1, -0.05) is 6.07 Å². The minimum absolute atomic E-state index is 0. The van der Waals surface area contributed by atoms with Crippen LogP contribution < -0.4 is 11.1 Å². The number of ether oxygens (including phenoxy) is 1. The predicted octanol–water partition coefficient (Wildman–Crippen LogP) is 1.53. The maximum atomic E-state index is 11.9. The number of benzene rings is 1. The number of nitrogen functional groups attached to an aromatic ring is 1. The summed E-state index contributed by atoms with van der Waals surface area (Å²) in [5.41, 5.74) is 7.98. The molecule has 8 heteroatoms. The Balaban J connectivity index is 0.00000264. The summed E-state index contributed by atoms with van der Waals surface area (Å²) in [4.78, 5) is 25.6. The highest BCUT2D eigenvalue weighted by Gasteiger charge is 2.17. The number of carbonyl (C=O) groups excluding carboxylic acids is 2. The second-order valence-corrected chi connectivity index (χ2v) is 6.09. The van der Waals surface area contributed by atoms with Crippen molar-refractivity contribution in [1.29, 1.82) is 0 Å². The average Bonchev–Trinajstić information content (AvgIpc) is 2.51. The lowest BCUT2D eigenvalue weighted by Gasteiger charge is -2.26. The SMILES string of the molecule is Cc1ccc(N)cc1NC(=O)CSCC(=O)N1CCOCC1.Cl. The summed E-state index contributed by atoms with van der Waals surface area (Å²) in [6, 6.07) is 5.39. The highest BCUT2D eigenvalue weighted by atomic mass is 35.5. The van der Waals surface area contributed by atoms with Crippen LogP contribution in [0.25, 0.3) is 0 Å². The van der Waals surface area contributed by atoms with E-state index in [0.29, 0.717) is 43.4 Å². The number of amides is 2. The van der Waals surface area contributed by atoms with Crippen LogP contribution in [0.2, 0.25) is 0 Å². The number of morpholine rings is 1. The molecule has 0 saturated carbocycles. The fourth-order valence-electron chi connectivity index (χ4n) is 2.10. The van der Waals surface area contributed by atoms with E-state index in [0.717, 1.165) is 5.56 Å². The zero-order valence-corrected chi connectivity index (χ0v) is 14.7. The topological polar surface area (TPSA) is 84.7 Å². The van der Waals surface area contributed by atoms with Gasteiger partial charge in [-0.3, -0.25) is 9.59 Å². The molecule has 2 amide bonds. The number of thioether (sulfide) groups is 1. The van der Waals surface area contributed by atoms with Crippen LogP contribution in [0.15, 0.2) is 18.2 Å². The van der Waals surface area contributed by atoms with Crippen LogP contribution in [0.4, 0.5) is 11.4 Å². The lowest BCUT2D eigenvalue weighted by molar-refractivity contribution is -0.132. The van der Waals surface area contributed by atoms with E-state index < -0.39 is 0 Å². The van der Waals surface area contributed by atoms with Crippen molar-refractivity contribution in [2.75, 3.05) is 48.9 Å². The first-order valence-electron chi connectivity index (χ1n) is 7.15. The third-order valence-electron chi connectivity index (χ3n) is 3.36. The Morgan fingerprint density at radius 2 is 2.00 bits per heavy atom. The molecule has 2 rings (SSSR count). The van der Waals surface area contributed by atoms with Crippen LogP contribution in [0.1, 0.15) is 5.56 Å². The van der Waals surface area contributed by atoms with Crippen molar-refractivity contribution in [3.8, 4) is 0 Å². The Bertz CT molecular complexity index is 551. The maximum absolute atomic E-state index is 11.9. The molecule has 23 heavy (non-hydrogen) atoms. The molecule has 0 radical (unpaired) electrons. The molecule has 1 aliphatic heterocycles. The number of carbonyl (C=O) groups is 2. The van der Waals surface area contributed by atoms with Gasteiger partial charge < -0.3 is 20.7 Å². The van der Waals surface area contributed by atoms with Crippen molar-refractivity contribution in [1.82, 2.24) is 4.90 Å². The maximum Gasteiger partial charge on any atom is 0.234 e. The summed E-state index contributed by atoms with van der Waals surface area (Å²) >= 11 is 1.32. The average molecular weight is 360 g/mol. The predicted molar refractivity (Wildman–Crippen MR) is 96.2 cm³/mol. The molecule has 1 aromatic carbocycles. The number of hydrogen-bond donors (Lipinski definition) is 2. The molecule has 0 aliphatic carbocycles. The second kappa shape index (κ2) is 9.64. The van der Waals surface area contributed by atoms with Crippen LogP contribution in [-0.2, 0) is 14.3 Å². The molecule has 1 heterocycles. The standard InChI is InChI=1S/C15H21N3O3S.ClH/c1-11-2-3-12(16)8-13(11)17-14(19)9-22-10-15(20)18-4-6-21-7-5-18;/h2-3,8H,4-7,9-10,16H2,1H3,(H,17,19);1H. The van der Waals surface area contributed by atoms with E-state index in [4.69, 9.17) is 10.5 Å². The minimum atomic E-state index is -0.131. The summed E-state index contributed by atoms with van der Waals surface area (Å²) in [6.45, 7) is 4.35. The largest absolute Gasteiger partial charge is 0.399 e. The lowest BCUT2D eigenvalue weighted by Crippen LogP contribution is -2.41. The van der Waals surface area contributed by atoms with Gasteiger partial charge in [0, 0.05) is 24.5 Å². The van der Waals surface area contributed by atoms with Crippen molar-refractivity contribution >= 4 is 47.4 Å². The highest BCUT2D eigenvalue weighted by Crippen LogP contribution is 2.18. The first-order chi connectivity index (χ1) is 10.6. The molecule has 0 atom stereocenters. The van der Waals surface area contributed by atoms with E-state index in [2.05, 4.69) is 5.32 Å². The first kappa shape index (κ1) is 19.6. The fraction of sp³-hybridized carbons (Fsp3) is 0.467. The normalized spacial score (nSPS) is 14.0. The van der Waals surface area contributed by atoms with Crippen LogP contribution in [0, 0.1) is 6.92 Å². The molecule has 6 nitrogen and oxygen atoms in total. The van der Waals surface area contributed by atoms with Crippen LogP contribution in [0.5, 0.6) is 0 Å². The number of aryl methyl sites for hydroxylation is 1. The van der Waals surface area contributed by atoms with Gasteiger partial charge >= 0.3 is 0 Å². The van der Waals surface area contributed by atoms with Gasteiger partial charge in [0.2, 0.25) is 11.8 Å². The van der Waals surface area contributed by atoms with Crippen molar-refractivity contribution in [2.45, 2.75) is 6.92 Å². The second-order valence-electron chi connectivity index (χ2n) is 5.11. The van der Waals surface area contributed by atoms with Crippen molar-refractivity contribution < 1.29 is 14.3 Å². The molecule has 0 unspecified atom stereocenters. The molecule has 1 aromatic rings. The van der Waals surface area contributed by atoms with E-state index in [-0.39, 0.29) is 30.0 Å². The molecule has 0 aromatic heterocycles. The summed E-state index contributed by atoms with van der Waals surface area (Å²) in [7, 11) is 0. The van der Waals surface area contributed by atoms with Gasteiger partial charge in [-0.05, 0) is 24.6 Å². The minimum Gasteiger partial charge on any atom is -0.399 e. The number of rotatable bonds is 5. The first-order valence-corrected chi connectivity index (χ1v) is 8.31. The Morgan fingerprint density at radius 3 is 2.70 bits per heavy atom. The molecule has 0 spiro atoms. The molecular weight excluding hydrogens is 338 g/mol. The molecular formula is C15H22ClN3O3S. The van der Waals surface area contributed by atoms with Crippen molar-refractivity contribution in [2.24, 2.45) is 0 Å². The third kappa shape index (κ3) is 6.29. The van der Waals surface area contributed by atoms with Crippen LogP contribution >= 0.6 is 24.2 Å². The third-order valence-corrected chi connectivity index (χ3v) is 4.28. The number of hydrogen-bond acceptors (Lipinski definition) is 5. The van der Waals surface area contributed by atoms with Gasteiger partial charge in [0.15, 0.2) is 0 Å². The van der Waals surface area contributed by atoms with Crippen LogP contribution in [0.3, 0.4) is 0 Å². The number of anilines is 2. The summed E-state index contributed by atoms with van der Waals surface area (Å²) in [6.07, 6.45) is 0. The lowest BCUT2D eigenvalue weighted by atomic mass is 10.2. The van der Waals surface area contributed by atoms with Crippen LogP contribution in [-0.4, -0.2) is 54.5 Å². The molecule has 3 N–H and O–H groups in total. The Morgan fingerprint density at radius 1 is 1.30 bits per heavy atom. The number of nitrogens with one attached hydrogen (secondary N) is 1. The van der Waals surface area contributed by atoms with E-state index in [1.165, 1.54) is 11.8 Å². The van der Waals surface area contributed by atoms with E-state index in [9.17, 15) is 9.59 Å². The van der Waals surface area contributed by atoms with Crippen molar-refractivity contribution in [3.05, 3.63) is 23.8 Å². The van der Waals surface area contributed by atoms with E-state index in [1.807, 2.05) is 13.0 Å². The van der Waals surface area contributed by atoms with E-state index in [1.54, 1.807) is 17.0 Å². The number of nitrogens with zero attached hydrogens (tertiary/aromatic N) is 1. The highest BCUT2D eigenvalue weighted by molar-refractivity contribution is 8.00. The van der Waals surface area contributed by atoms with Crippen molar-refractivity contribution in [3.63, 3.8) is 0 Å². The summed E-state index contributed by atoms with van der Waals surface area (Å²) in [5, 5.41) is 2.82. The Labute approximate surface area is 146 Å². The number of nitrogens with two attached hydrogens (primary N) is 1. The Hall–Kier alpha value is -1.44. The Kier molecular flexibility index (Phi) is 8.22. The molecule has 1 aliphatic rings. The quantitative estimate of drug-likeness (QED) is 0.779. The molecule has 1 fully saturated rings. The van der Waals surface area contributed by atoms with E-state index >= 15 is 0 Å². The molecule has 0 bridgehead atoms. The summed E-state index contributed by atoms with van der Waals surface area (Å²) in [5.74, 6) is 0.475. The van der Waals surface area contributed by atoms with Gasteiger partial charge in [-0.2, -0.15) is 0 Å². The van der Waals surface area contributed by atoms with Gasteiger partial charge in [-0.25, -0.2) is 0 Å². The van der Waals surface area contributed by atoms with Gasteiger partial charge in [0.05, 0.1) is 24.7 Å². The molecule has 128 valence electrons. The zero-order valence-electron chi connectivity index (χ0n) is 13.0. The van der Waals surface area contributed by atoms with Gasteiger partial charge in [0.25, 0.3) is 0 Å². The molecule has 1 saturated heterocycles. The number of halogens is 1. The van der Waals surface area contributed by atoms with Gasteiger partial charge in [-0.15, -0.1) is 24.2 Å². The zero-order chi connectivity index (χ0) is 15.9. The van der Waals surface area contributed by atoms with Gasteiger partial charge in [0.1, 0.15) is 0 Å². The summed E-state index contributed by atoms with van der Waals surface area (Å²) < 4.78 is 5.20.